The van der Waals surface area contributed by atoms with Crippen molar-refractivity contribution in [3.8, 4) is 0 Å². The van der Waals surface area contributed by atoms with Crippen molar-refractivity contribution in [1.29, 1.82) is 0 Å². The summed E-state index contributed by atoms with van der Waals surface area (Å²) in [5.41, 5.74) is 0. The molecule has 7 heteroatoms. The number of aliphatic hydroxyl groups excluding tert-OH is 1. The zero-order valence-electron chi connectivity index (χ0n) is 14.6. The van der Waals surface area contributed by atoms with E-state index in [1.165, 1.54) is 24.3 Å². The summed E-state index contributed by atoms with van der Waals surface area (Å²) in [7, 11) is 0. The molecule has 1 unspecified atom stereocenters. The molecule has 0 aromatic carbocycles. The van der Waals surface area contributed by atoms with Crippen LogP contribution in [-0.4, -0.2) is 54.7 Å². The molecule has 136 valence electrons. The fourth-order valence-corrected chi connectivity index (χ4v) is 3.94. The van der Waals surface area contributed by atoms with Gasteiger partial charge in [0.15, 0.2) is 5.96 Å². The Morgan fingerprint density at radius 2 is 2.17 bits per heavy atom. The molecular formula is C17H29ClN4OS. The third-order valence-corrected chi connectivity index (χ3v) is 5.49. The fourth-order valence-electron chi connectivity index (χ4n) is 2.91. The van der Waals surface area contributed by atoms with Crippen LogP contribution in [0.5, 0.6) is 0 Å². The fraction of sp³-hybridized carbons (Fsp3) is 0.706. The van der Waals surface area contributed by atoms with E-state index in [0.717, 1.165) is 43.3 Å². The van der Waals surface area contributed by atoms with Gasteiger partial charge in [-0.15, -0.1) is 11.3 Å². The van der Waals surface area contributed by atoms with Gasteiger partial charge in [0.1, 0.15) is 6.10 Å². The first-order valence-electron chi connectivity index (χ1n) is 8.82. The van der Waals surface area contributed by atoms with Crippen molar-refractivity contribution in [1.82, 2.24) is 15.5 Å². The van der Waals surface area contributed by atoms with Crippen molar-refractivity contribution >= 4 is 28.9 Å². The van der Waals surface area contributed by atoms with Gasteiger partial charge in [0.05, 0.1) is 10.9 Å². The zero-order valence-corrected chi connectivity index (χ0v) is 16.2. The average molecular weight is 373 g/mol. The molecule has 1 aliphatic rings. The predicted octanol–water partition coefficient (Wildman–Crippen LogP) is 2.86. The largest absolute Gasteiger partial charge is 0.386 e. The Hall–Kier alpha value is -0.820. The smallest absolute Gasteiger partial charge is 0.191 e. The SMILES string of the molecule is CCCN1CCC(NC(=NCC(O)c2ccc(Cl)s2)NCC)CC1. The number of rotatable bonds is 7. The molecule has 5 nitrogen and oxygen atoms in total. The minimum Gasteiger partial charge on any atom is -0.386 e. The summed E-state index contributed by atoms with van der Waals surface area (Å²) < 4.78 is 0.692. The van der Waals surface area contributed by atoms with Gasteiger partial charge in [0, 0.05) is 30.6 Å². The zero-order chi connectivity index (χ0) is 17.4. The maximum absolute atomic E-state index is 10.2. The van der Waals surface area contributed by atoms with Gasteiger partial charge in [-0.3, -0.25) is 4.99 Å². The molecule has 0 bridgehead atoms. The number of guanidine groups is 1. The lowest BCUT2D eigenvalue weighted by Gasteiger charge is -2.32. The monoisotopic (exact) mass is 372 g/mol. The third-order valence-electron chi connectivity index (χ3n) is 4.16. The van der Waals surface area contributed by atoms with E-state index in [-0.39, 0.29) is 0 Å². The van der Waals surface area contributed by atoms with Crippen LogP contribution in [0.2, 0.25) is 4.34 Å². The molecule has 0 spiro atoms. The van der Waals surface area contributed by atoms with Crippen molar-refractivity contribution in [2.24, 2.45) is 4.99 Å². The summed E-state index contributed by atoms with van der Waals surface area (Å²) >= 11 is 7.32. The number of piperidine rings is 1. The van der Waals surface area contributed by atoms with Crippen LogP contribution in [0.1, 0.15) is 44.1 Å². The number of thiophene rings is 1. The van der Waals surface area contributed by atoms with Gasteiger partial charge in [-0.2, -0.15) is 0 Å². The van der Waals surface area contributed by atoms with E-state index in [2.05, 4.69) is 34.4 Å². The molecule has 24 heavy (non-hydrogen) atoms. The minimum atomic E-state index is -0.607. The highest BCUT2D eigenvalue weighted by Crippen LogP contribution is 2.26. The minimum absolute atomic E-state index is 0.334. The molecule has 1 aliphatic heterocycles. The van der Waals surface area contributed by atoms with E-state index in [9.17, 15) is 5.11 Å². The maximum atomic E-state index is 10.2. The number of nitrogens with zero attached hydrogens (tertiary/aromatic N) is 2. The second kappa shape index (κ2) is 10.2. The average Bonchev–Trinajstić information content (AvgIpc) is 3.01. The quantitative estimate of drug-likeness (QED) is 0.508. The van der Waals surface area contributed by atoms with Gasteiger partial charge in [0.2, 0.25) is 0 Å². The first-order chi connectivity index (χ1) is 11.6. The van der Waals surface area contributed by atoms with Crippen molar-refractivity contribution in [3.05, 3.63) is 21.3 Å². The van der Waals surface area contributed by atoms with Crippen LogP contribution in [0.25, 0.3) is 0 Å². The molecule has 1 atom stereocenters. The molecule has 2 heterocycles. The Morgan fingerprint density at radius 3 is 2.75 bits per heavy atom. The summed E-state index contributed by atoms with van der Waals surface area (Å²) in [6.07, 6.45) is 2.87. The van der Waals surface area contributed by atoms with Crippen molar-refractivity contribution in [2.75, 3.05) is 32.7 Å². The standard InChI is InChI=1S/C17H29ClN4OS/c1-3-9-22-10-7-13(8-11-22)21-17(19-4-2)20-12-14(23)15-5-6-16(18)24-15/h5-6,13-14,23H,3-4,7-12H2,1-2H3,(H2,19,20,21). The van der Waals surface area contributed by atoms with Gasteiger partial charge < -0.3 is 20.6 Å². The lowest BCUT2D eigenvalue weighted by Crippen LogP contribution is -2.48. The topological polar surface area (TPSA) is 59.9 Å². The molecule has 1 fully saturated rings. The normalized spacial score (nSPS) is 18.6. The molecule has 2 rings (SSSR count). The van der Waals surface area contributed by atoms with Crippen LogP contribution in [0, 0.1) is 0 Å². The molecule has 0 radical (unpaired) electrons. The Balaban J connectivity index is 1.84. The molecule has 1 saturated heterocycles. The van der Waals surface area contributed by atoms with Crippen LogP contribution >= 0.6 is 22.9 Å². The summed E-state index contributed by atoms with van der Waals surface area (Å²) in [5, 5.41) is 17.0. The van der Waals surface area contributed by atoms with E-state index < -0.39 is 6.10 Å². The van der Waals surface area contributed by atoms with Gasteiger partial charge in [-0.05, 0) is 44.9 Å². The second-order valence-electron chi connectivity index (χ2n) is 6.14. The first-order valence-corrected chi connectivity index (χ1v) is 10.0. The summed E-state index contributed by atoms with van der Waals surface area (Å²) in [6.45, 7) is 8.89. The van der Waals surface area contributed by atoms with E-state index >= 15 is 0 Å². The van der Waals surface area contributed by atoms with E-state index in [0.29, 0.717) is 16.9 Å². The second-order valence-corrected chi connectivity index (χ2v) is 7.88. The van der Waals surface area contributed by atoms with Gasteiger partial charge >= 0.3 is 0 Å². The lowest BCUT2D eigenvalue weighted by molar-refractivity contribution is 0.190. The van der Waals surface area contributed by atoms with Gasteiger partial charge in [-0.25, -0.2) is 0 Å². The number of nitrogens with one attached hydrogen (secondary N) is 2. The Morgan fingerprint density at radius 1 is 1.42 bits per heavy atom. The molecule has 0 aliphatic carbocycles. The number of hydrogen-bond donors (Lipinski definition) is 3. The highest BCUT2D eigenvalue weighted by atomic mass is 35.5. The Kier molecular flexibility index (Phi) is 8.32. The van der Waals surface area contributed by atoms with E-state index in [4.69, 9.17) is 11.6 Å². The van der Waals surface area contributed by atoms with Crippen LogP contribution in [0.3, 0.4) is 0 Å². The van der Waals surface area contributed by atoms with Crippen molar-refractivity contribution < 1.29 is 5.11 Å². The lowest BCUT2D eigenvalue weighted by atomic mass is 10.1. The maximum Gasteiger partial charge on any atom is 0.191 e. The third kappa shape index (κ3) is 6.24. The van der Waals surface area contributed by atoms with Crippen LogP contribution < -0.4 is 10.6 Å². The number of aliphatic imine (C=N–C) groups is 1. The molecule has 0 saturated carbocycles. The highest BCUT2D eigenvalue weighted by molar-refractivity contribution is 7.16. The highest BCUT2D eigenvalue weighted by Gasteiger charge is 2.19. The van der Waals surface area contributed by atoms with Crippen LogP contribution in [0.15, 0.2) is 17.1 Å². The Bertz CT molecular complexity index is 514. The van der Waals surface area contributed by atoms with Gasteiger partial charge in [-0.1, -0.05) is 18.5 Å². The Labute approximate surface area is 154 Å². The summed E-state index contributed by atoms with van der Waals surface area (Å²) in [6, 6.07) is 4.11. The van der Waals surface area contributed by atoms with E-state index in [1.807, 2.05) is 12.1 Å². The molecule has 0 amide bonds. The number of likely N-dealkylation sites (tertiary alicyclic amines) is 1. The number of aliphatic hydroxyl groups is 1. The van der Waals surface area contributed by atoms with Gasteiger partial charge in [0.25, 0.3) is 0 Å². The summed E-state index contributed by atoms with van der Waals surface area (Å²) in [4.78, 5) is 7.92. The van der Waals surface area contributed by atoms with E-state index in [1.54, 1.807) is 0 Å². The number of halogens is 1. The first kappa shape index (κ1) is 19.5. The molecule has 3 N–H and O–H groups in total. The predicted molar refractivity (Wildman–Crippen MR) is 103 cm³/mol. The van der Waals surface area contributed by atoms with Crippen LogP contribution in [-0.2, 0) is 0 Å². The molecule has 1 aromatic rings. The summed E-state index contributed by atoms with van der Waals surface area (Å²) in [5.74, 6) is 0.785. The van der Waals surface area contributed by atoms with Crippen LogP contribution in [0.4, 0.5) is 0 Å². The number of hydrogen-bond acceptors (Lipinski definition) is 4. The van der Waals surface area contributed by atoms with Crippen molar-refractivity contribution in [3.63, 3.8) is 0 Å². The molecular weight excluding hydrogens is 344 g/mol. The van der Waals surface area contributed by atoms with Crippen molar-refractivity contribution in [2.45, 2.75) is 45.3 Å². The molecule has 1 aromatic heterocycles.